The molecule has 0 aromatic carbocycles. The topological polar surface area (TPSA) is 41.1 Å². The summed E-state index contributed by atoms with van der Waals surface area (Å²) in [7, 11) is 1.92. The van der Waals surface area contributed by atoms with Crippen LogP contribution in [0.2, 0.25) is 0 Å². The second-order valence-electron chi connectivity index (χ2n) is 3.52. The van der Waals surface area contributed by atoms with Crippen molar-refractivity contribution in [2.45, 2.75) is 32.6 Å². The second kappa shape index (κ2) is 15.1. The van der Waals surface area contributed by atoms with Crippen LogP contribution >= 0.6 is 24.2 Å². The molecule has 2 N–H and O–H groups in total. The van der Waals surface area contributed by atoms with Crippen LogP contribution in [0, 0.1) is 0 Å². The Balaban J connectivity index is 0. The Morgan fingerprint density at radius 3 is 2.56 bits per heavy atom. The molecule has 0 aliphatic carbocycles. The molecule has 1 amide bonds. The molecule has 98 valence electrons. The predicted molar refractivity (Wildman–Crippen MR) is 75.7 cm³/mol. The summed E-state index contributed by atoms with van der Waals surface area (Å²) < 4.78 is 0. The third-order valence-corrected chi connectivity index (χ3v) is 3.11. The lowest BCUT2D eigenvalue weighted by atomic mass is 10.4. The average molecular weight is 269 g/mol. The Kier molecular flexibility index (Phi) is 17.4. The second-order valence-corrected chi connectivity index (χ2v) is 4.75. The van der Waals surface area contributed by atoms with Gasteiger partial charge in [0.1, 0.15) is 0 Å². The Morgan fingerprint density at radius 2 is 1.94 bits per heavy atom. The molecule has 0 rings (SSSR count). The van der Waals surface area contributed by atoms with Gasteiger partial charge in [-0.3, -0.25) is 4.79 Å². The summed E-state index contributed by atoms with van der Waals surface area (Å²) >= 11 is 1.88. The fourth-order valence-corrected chi connectivity index (χ4v) is 2.12. The minimum atomic E-state index is 0. The van der Waals surface area contributed by atoms with Gasteiger partial charge < -0.3 is 10.6 Å². The van der Waals surface area contributed by atoms with Gasteiger partial charge in [0.05, 0.1) is 0 Å². The number of unbranched alkanes of at least 4 members (excludes halogenated alkanes) is 1. The molecular formula is C11H25ClN2OS. The number of carbonyl (C=O) groups is 1. The van der Waals surface area contributed by atoms with Gasteiger partial charge in [0.15, 0.2) is 0 Å². The first-order chi connectivity index (χ1) is 7.31. The third-order valence-electron chi connectivity index (χ3n) is 2.04. The van der Waals surface area contributed by atoms with Crippen LogP contribution in [-0.4, -0.2) is 37.6 Å². The number of rotatable bonds is 10. The fourth-order valence-electron chi connectivity index (χ4n) is 1.09. The van der Waals surface area contributed by atoms with Crippen molar-refractivity contribution >= 4 is 30.1 Å². The van der Waals surface area contributed by atoms with E-state index in [0.717, 1.165) is 25.3 Å². The molecule has 0 saturated heterocycles. The van der Waals surface area contributed by atoms with E-state index in [0.29, 0.717) is 6.42 Å². The Hall–Kier alpha value is 0.0700. The highest BCUT2D eigenvalue weighted by atomic mass is 35.5. The molecule has 0 aliphatic heterocycles. The highest BCUT2D eigenvalue weighted by Crippen LogP contribution is 2.05. The van der Waals surface area contributed by atoms with E-state index in [1.54, 1.807) is 0 Å². The number of amides is 1. The molecule has 0 fully saturated rings. The normalized spacial score (nSPS) is 9.62. The molecule has 3 nitrogen and oxygen atoms in total. The first-order valence-corrected chi connectivity index (χ1v) is 6.95. The van der Waals surface area contributed by atoms with Crippen molar-refractivity contribution in [3.8, 4) is 0 Å². The zero-order valence-electron chi connectivity index (χ0n) is 10.4. The molecular weight excluding hydrogens is 244 g/mol. The molecule has 0 heterocycles. The van der Waals surface area contributed by atoms with Gasteiger partial charge >= 0.3 is 0 Å². The van der Waals surface area contributed by atoms with Gasteiger partial charge in [0.25, 0.3) is 0 Å². The van der Waals surface area contributed by atoms with E-state index in [2.05, 4.69) is 17.6 Å². The van der Waals surface area contributed by atoms with Crippen molar-refractivity contribution in [1.82, 2.24) is 10.6 Å². The van der Waals surface area contributed by atoms with Gasteiger partial charge in [0, 0.05) is 18.7 Å². The molecule has 0 spiro atoms. The fraction of sp³-hybridized carbons (Fsp3) is 0.909. The Morgan fingerprint density at radius 1 is 1.19 bits per heavy atom. The summed E-state index contributed by atoms with van der Waals surface area (Å²) in [6, 6.07) is 0. The molecule has 0 aliphatic rings. The summed E-state index contributed by atoms with van der Waals surface area (Å²) in [6.45, 7) is 3.94. The molecule has 0 aromatic heterocycles. The van der Waals surface area contributed by atoms with E-state index < -0.39 is 0 Å². The van der Waals surface area contributed by atoms with E-state index in [9.17, 15) is 4.79 Å². The third kappa shape index (κ3) is 14.1. The largest absolute Gasteiger partial charge is 0.356 e. The molecule has 0 radical (unpaired) electrons. The highest BCUT2D eigenvalue weighted by molar-refractivity contribution is 7.99. The van der Waals surface area contributed by atoms with Crippen molar-refractivity contribution < 1.29 is 4.79 Å². The van der Waals surface area contributed by atoms with Crippen LogP contribution in [0.25, 0.3) is 0 Å². The van der Waals surface area contributed by atoms with E-state index in [1.165, 1.54) is 18.6 Å². The number of thioether (sulfide) groups is 1. The van der Waals surface area contributed by atoms with Crippen LogP contribution in [0.1, 0.15) is 32.6 Å². The minimum absolute atomic E-state index is 0. The van der Waals surface area contributed by atoms with Gasteiger partial charge in [-0.1, -0.05) is 13.3 Å². The summed E-state index contributed by atoms with van der Waals surface area (Å²) in [5.41, 5.74) is 0. The van der Waals surface area contributed by atoms with Crippen LogP contribution < -0.4 is 10.6 Å². The van der Waals surface area contributed by atoms with Crippen molar-refractivity contribution in [2.24, 2.45) is 0 Å². The highest BCUT2D eigenvalue weighted by Gasteiger charge is 1.99. The summed E-state index contributed by atoms with van der Waals surface area (Å²) in [5.74, 6) is 2.33. The monoisotopic (exact) mass is 268 g/mol. The van der Waals surface area contributed by atoms with Crippen molar-refractivity contribution in [3.05, 3.63) is 0 Å². The lowest BCUT2D eigenvalue weighted by Crippen LogP contribution is -2.26. The molecule has 16 heavy (non-hydrogen) atoms. The molecule has 0 atom stereocenters. The number of halogens is 1. The van der Waals surface area contributed by atoms with E-state index >= 15 is 0 Å². The maximum absolute atomic E-state index is 11.3. The quantitative estimate of drug-likeness (QED) is 0.596. The van der Waals surface area contributed by atoms with Gasteiger partial charge in [0.2, 0.25) is 5.91 Å². The number of nitrogens with one attached hydrogen (secondary N) is 2. The maximum atomic E-state index is 11.3. The van der Waals surface area contributed by atoms with E-state index in [1.807, 2.05) is 18.8 Å². The molecule has 0 bridgehead atoms. The van der Waals surface area contributed by atoms with E-state index in [4.69, 9.17) is 0 Å². The lowest BCUT2D eigenvalue weighted by molar-refractivity contribution is -0.120. The smallest absolute Gasteiger partial charge is 0.220 e. The SMILES string of the molecule is CCCCSCCC(=O)NCCCNC.Cl. The molecule has 0 aromatic rings. The standard InChI is InChI=1S/C11H24N2OS.ClH/c1-3-4-9-15-10-6-11(14)13-8-5-7-12-2;/h12H,3-10H2,1-2H3,(H,13,14);1H. The minimum Gasteiger partial charge on any atom is -0.356 e. The van der Waals surface area contributed by atoms with Gasteiger partial charge in [-0.25, -0.2) is 0 Å². The zero-order valence-corrected chi connectivity index (χ0v) is 12.0. The van der Waals surface area contributed by atoms with Crippen LogP contribution in [-0.2, 0) is 4.79 Å². The van der Waals surface area contributed by atoms with Crippen molar-refractivity contribution in [1.29, 1.82) is 0 Å². The summed E-state index contributed by atoms with van der Waals surface area (Å²) in [6.07, 6.45) is 4.16. The van der Waals surface area contributed by atoms with Crippen molar-refractivity contribution in [2.75, 3.05) is 31.6 Å². The molecule has 5 heteroatoms. The van der Waals surface area contributed by atoms with Gasteiger partial charge in [-0.15, -0.1) is 12.4 Å². The van der Waals surface area contributed by atoms with Crippen LogP contribution in [0.3, 0.4) is 0 Å². The summed E-state index contributed by atoms with van der Waals surface area (Å²) in [5, 5.41) is 5.97. The van der Waals surface area contributed by atoms with Crippen LogP contribution in [0.4, 0.5) is 0 Å². The average Bonchev–Trinajstić information content (AvgIpc) is 2.24. The number of carbonyl (C=O) groups excluding carboxylic acids is 1. The zero-order chi connectivity index (χ0) is 11.4. The molecule has 0 unspecified atom stereocenters. The number of hydrogen-bond donors (Lipinski definition) is 2. The first-order valence-electron chi connectivity index (χ1n) is 5.80. The Bertz CT molecular complexity index is 159. The first kappa shape index (κ1) is 18.4. The number of hydrogen-bond acceptors (Lipinski definition) is 3. The maximum Gasteiger partial charge on any atom is 0.220 e. The molecule has 0 saturated carbocycles. The summed E-state index contributed by atoms with van der Waals surface area (Å²) in [4.78, 5) is 11.3. The van der Waals surface area contributed by atoms with E-state index in [-0.39, 0.29) is 18.3 Å². The van der Waals surface area contributed by atoms with Crippen LogP contribution in [0.15, 0.2) is 0 Å². The van der Waals surface area contributed by atoms with Crippen LogP contribution in [0.5, 0.6) is 0 Å². The lowest BCUT2D eigenvalue weighted by Gasteiger charge is -2.04. The van der Waals surface area contributed by atoms with Crippen molar-refractivity contribution in [3.63, 3.8) is 0 Å². The Labute approximate surface area is 110 Å². The van der Waals surface area contributed by atoms with Gasteiger partial charge in [-0.2, -0.15) is 11.8 Å². The predicted octanol–water partition coefficient (Wildman–Crippen LogP) is 2.06. The van der Waals surface area contributed by atoms with Gasteiger partial charge in [-0.05, 0) is 32.2 Å².